The predicted octanol–water partition coefficient (Wildman–Crippen LogP) is 4.65. The van der Waals surface area contributed by atoms with Crippen LogP contribution in [0.4, 0.5) is 30.8 Å². The summed E-state index contributed by atoms with van der Waals surface area (Å²) in [6, 6.07) is 6.22. The highest BCUT2D eigenvalue weighted by Gasteiger charge is 2.42. The van der Waals surface area contributed by atoms with E-state index in [2.05, 4.69) is 25.5 Å². The Hall–Kier alpha value is -3.65. The molecule has 0 aliphatic carbocycles. The van der Waals surface area contributed by atoms with E-state index in [1.54, 1.807) is 0 Å². The number of ether oxygens (including phenoxy) is 3. The second-order valence-corrected chi connectivity index (χ2v) is 18.8. The molecule has 320 valence electrons. The fourth-order valence-corrected chi connectivity index (χ4v) is 11.1. The first kappa shape index (κ1) is 42.1. The van der Waals surface area contributed by atoms with Crippen LogP contribution in [0.25, 0.3) is 0 Å². The molecule has 3 saturated heterocycles. The molecule has 2 aromatic heterocycles. The molecule has 0 radical (unpaired) electrons. The lowest BCUT2D eigenvalue weighted by Crippen LogP contribution is -2.42. The summed E-state index contributed by atoms with van der Waals surface area (Å²) in [6.07, 6.45) is 2.43. The number of amides is 1. The molecule has 6 aliphatic heterocycles. The summed E-state index contributed by atoms with van der Waals surface area (Å²) in [7, 11) is -2.09. The van der Waals surface area contributed by atoms with Crippen molar-refractivity contribution in [3.63, 3.8) is 0 Å². The van der Waals surface area contributed by atoms with E-state index >= 15 is 0 Å². The average molecular weight is 881 g/mol. The molecule has 0 spiro atoms. The van der Waals surface area contributed by atoms with Crippen molar-refractivity contribution in [1.29, 1.82) is 0 Å². The van der Waals surface area contributed by atoms with Gasteiger partial charge in [0, 0.05) is 102 Å². The van der Waals surface area contributed by atoms with Gasteiger partial charge in [0.25, 0.3) is 0 Å². The van der Waals surface area contributed by atoms with Gasteiger partial charge in [-0.1, -0.05) is 6.07 Å². The first-order valence-corrected chi connectivity index (χ1v) is 23.3. The Morgan fingerprint density at radius 3 is 1.90 bits per heavy atom. The average Bonchev–Trinajstić information content (AvgIpc) is 3.72. The largest absolute Gasteiger partial charge is 0.490 e. The number of hydrogen-bond donors (Lipinski definition) is 2. The van der Waals surface area contributed by atoms with Gasteiger partial charge in [-0.3, -0.25) is 13.2 Å². The van der Waals surface area contributed by atoms with Gasteiger partial charge >= 0.3 is 12.1 Å². The maximum absolute atomic E-state index is 12.9. The minimum Gasteiger partial charge on any atom is -0.490 e. The highest BCUT2D eigenvalue weighted by molar-refractivity contribution is 7.85. The van der Waals surface area contributed by atoms with E-state index in [-0.39, 0.29) is 30.5 Å². The molecule has 1 amide bonds. The van der Waals surface area contributed by atoms with Crippen LogP contribution in [0.1, 0.15) is 61.0 Å². The predicted molar refractivity (Wildman–Crippen MR) is 216 cm³/mol. The van der Waals surface area contributed by atoms with Crippen molar-refractivity contribution < 1.29 is 40.6 Å². The second kappa shape index (κ2) is 18.5. The van der Waals surface area contributed by atoms with Crippen LogP contribution in [-0.2, 0) is 61.6 Å². The zero-order chi connectivity index (χ0) is 41.1. The molecule has 0 saturated carbocycles. The molecular weight excluding hydrogens is 833 g/mol. The Labute approximate surface area is 350 Å². The van der Waals surface area contributed by atoms with Gasteiger partial charge in [-0.2, -0.15) is 23.1 Å². The smallest absolute Gasteiger partial charge is 0.471 e. The topological polar surface area (TPSA) is 161 Å². The third kappa shape index (κ3) is 10.1. The summed E-state index contributed by atoms with van der Waals surface area (Å²) < 4.78 is 80.5. The SMILES string of the molecule is O=C(N1CCc2ccc(OC3CCN(c4nc5c(c(NC6CCOCC6)n4)S(=O)CC5)CC3)cc2CC1)C(F)(F)F.O=S1CCc2nc(Cl)nc(NC3CCOCC3)c21. The van der Waals surface area contributed by atoms with Crippen LogP contribution in [-0.4, -0.2) is 128 Å². The van der Waals surface area contributed by atoms with Gasteiger partial charge in [-0.15, -0.1) is 0 Å². The van der Waals surface area contributed by atoms with Crippen LogP contribution in [0.3, 0.4) is 0 Å². The number of nitrogens with one attached hydrogen (secondary N) is 2. The van der Waals surface area contributed by atoms with Crippen LogP contribution < -0.4 is 20.3 Å². The van der Waals surface area contributed by atoms with E-state index in [4.69, 9.17) is 35.8 Å². The van der Waals surface area contributed by atoms with Crippen molar-refractivity contribution in [2.24, 2.45) is 0 Å². The normalized spacial score (nSPS) is 22.7. The molecular formula is C39H48ClF3N8O6S2. The van der Waals surface area contributed by atoms with E-state index in [1.165, 1.54) is 0 Å². The van der Waals surface area contributed by atoms with Gasteiger partial charge in [0.1, 0.15) is 33.3 Å². The molecule has 0 bridgehead atoms. The molecule has 1 aromatic carbocycles. The lowest BCUT2D eigenvalue weighted by atomic mass is 10.0. The number of benzene rings is 1. The van der Waals surface area contributed by atoms with Gasteiger partial charge in [0.05, 0.1) is 33.0 Å². The van der Waals surface area contributed by atoms with E-state index in [9.17, 15) is 26.4 Å². The van der Waals surface area contributed by atoms with E-state index in [0.717, 1.165) is 88.9 Å². The number of piperidine rings is 1. The Morgan fingerprint density at radius 2 is 1.31 bits per heavy atom. The number of aryl methyl sites for hydroxylation is 2. The minimum atomic E-state index is -4.85. The molecule has 2 N–H and O–H groups in total. The standard InChI is InChI=1S/C28H34F3N5O4S.C11H14ClN3O2S/c29-28(30,31)26(37)35-10-3-18-1-2-22(17-19(18)4-11-35)40-21-5-12-36(13-6-21)27-33-23-9-16-41(38)24(23)25(34-27)32-20-7-14-39-15-8-20;12-11-14-8-3-6-18(16)9(8)10(15-11)13-7-1-4-17-5-2-7/h1-2,17,20-21H,3-16H2,(H,32,33,34);7H,1-6H2,(H,13,14,15). The fourth-order valence-electron chi connectivity index (χ4n) is 8.28. The highest BCUT2D eigenvalue weighted by Crippen LogP contribution is 2.34. The molecule has 20 heteroatoms. The third-order valence-corrected chi connectivity index (χ3v) is 14.6. The van der Waals surface area contributed by atoms with Crippen molar-refractivity contribution in [3.05, 3.63) is 46.0 Å². The summed E-state index contributed by atoms with van der Waals surface area (Å²) in [6.45, 7) is 4.42. The zero-order valence-corrected chi connectivity index (χ0v) is 35.0. The molecule has 59 heavy (non-hydrogen) atoms. The molecule has 3 fully saturated rings. The van der Waals surface area contributed by atoms with Gasteiger partial charge < -0.3 is 34.6 Å². The van der Waals surface area contributed by atoms with Gasteiger partial charge in [-0.25, -0.2) is 9.97 Å². The maximum atomic E-state index is 12.9. The number of carbonyl (C=O) groups excluding carboxylic acids is 1. The first-order chi connectivity index (χ1) is 28.5. The van der Waals surface area contributed by atoms with E-state index < -0.39 is 33.7 Å². The lowest BCUT2D eigenvalue weighted by Gasteiger charge is -2.33. The Kier molecular flexibility index (Phi) is 13.2. The van der Waals surface area contributed by atoms with Crippen LogP contribution in [0.5, 0.6) is 5.75 Å². The molecule has 3 aromatic rings. The summed E-state index contributed by atoms with van der Waals surface area (Å²) in [5, 5.41) is 7.09. The highest BCUT2D eigenvalue weighted by atomic mass is 35.5. The van der Waals surface area contributed by atoms with Crippen LogP contribution >= 0.6 is 11.6 Å². The molecule has 14 nitrogen and oxygen atoms in total. The van der Waals surface area contributed by atoms with E-state index in [0.29, 0.717) is 92.9 Å². The summed E-state index contributed by atoms with van der Waals surface area (Å²) in [4.78, 5) is 34.2. The number of nitrogens with zero attached hydrogens (tertiary/aromatic N) is 6. The molecule has 6 aliphatic rings. The number of aromatic nitrogens is 4. The van der Waals surface area contributed by atoms with Crippen molar-refractivity contribution in [3.8, 4) is 5.75 Å². The van der Waals surface area contributed by atoms with E-state index in [1.807, 2.05) is 18.2 Å². The number of hydrogen-bond acceptors (Lipinski definition) is 13. The van der Waals surface area contributed by atoms with Crippen LogP contribution in [0.2, 0.25) is 5.28 Å². The van der Waals surface area contributed by atoms with Crippen molar-refractivity contribution in [1.82, 2.24) is 24.8 Å². The lowest BCUT2D eigenvalue weighted by molar-refractivity contribution is -0.185. The van der Waals surface area contributed by atoms with Crippen molar-refractivity contribution in [2.45, 2.75) is 98.4 Å². The monoisotopic (exact) mass is 880 g/mol. The Balaban J connectivity index is 0.000000223. The summed E-state index contributed by atoms with van der Waals surface area (Å²) in [5.41, 5.74) is 3.56. The molecule has 2 unspecified atom stereocenters. The van der Waals surface area contributed by atoms with Gasteiger partial charge in [0.15, 0.2) is 0 Å². The number of carbonyl (C=O) groups is 1. The molecule has 9 rings (SSSR count). The molecule has 8 heterocycles. The summed E-state index contributed by atoms with van der Waals surface area (Å²) >= 11 is 5.91. The zero-order valence-electron chi connectivity index (χ0n) is 32.6. The molecule has 2 atom stereocenters. The number of alkyl halides is 3. The van der Waals surface area contributed by atoms with Crippen molar-refractivity contribution in [2.75, 3.05) is 79.6 Å². The van der Waals surface area contributed by atoms with Crippen LogP contribution in [0, 0.1) is 0 Å². The Bertz CT molecular complexity index is 2070. The van der Waals surface area contributed by atoms with Gasteiger partial charge in [-0.05, 0) is 73.4 Å². The van der Waals surface area contributed by atoms with Gasteiger partial charge in [0.2, 0.25) is 11.2 Å². The number of fused-ring (bicyclic) bond motifs is 3. The Morgan fingerprint density at radius 1 is 0.746 bits per heavy atom. The van der Waals surface area contributed by atoms with Crippen molar-refractivity contribution >= 4 is 56.7 Å². The summed E-state index contributed by atoms with van der Waals surface area (Å²) in [5.74, 6) is 2.09. The quantitative estimate of drug-likeness (QED) is 0.316. The minimum absolute atomic E-state index is 0.0138. The number of rotatable bonds is 7. The second-order valence-electron chi connectivity index (χ2n) is 15.5. The fraction of sp³-hybridized carbons (Fsp3) is 0.615. The maximum Gasteiger partial charge on any atom is 0.471 e. The van der Waals surface area contributed by atoms with Crippen LogP contribution in [0.15, 0.2) is 28.0 Å². The third-order valence-electron chi connectivity index (χ3n) is 11.5. The number of anilines is 3. The number of halogens is 4. The first-order valence-electron chi connectivity index (χ1n) is 20.3.